The van der Waals surface area contributed by atoms with Crippen molar-refractivity contribution < 1.29 is 9.90 Å². The van der Waals surface area contributed by atoms with Crippen molar-refractivity contribution >= 4 is 17.7 Å². The SMILES string of the molecule is O=C(O)C1CCN(c2ccnc(N3CCC(Cc4ccccc4)CC3)n2)CC1. The predicted octanol–water partition coefficient (Wildman–Crippen LogP) is 3.24. The van der Waals surface area contributed by atoms with Crippen LogP contribution in [0.4, 0.5) is 11.8 Å². The van der Waals surface area contributed by atoms with Crippen molar-refractivity contribution in [1.82, 2.24) is 9.97 Å². The van der Waals surface area contributed by atoms with Crippen LogP contribution >= 0.6 is 0 Å². The minimum Gasteiger partial charge on any atom is -0.481 e. The Hall–Kier alpha value is -2.63. The van der Waals surface area contributed by atoms with Crippen LogP contribution in [0.2, 0.25) is 0 Å². The third-order valence-corrected chi connectivity index (χ3v) is 6.06. The summed E-state index contributed by atoms with van der Waals surface area (Å²) < 4.78 is 0. The van der Waals surface area contributed by atoms with Gasteiger partial charge in [-0.3, -0.25) is 4.79 Å². The molecule has 6 heteroatoms. The average Bonchev–Trinajstić information content (AvgIpc) is 2.75. The molecule has 1 aromatic heterocycles. The number of carboxylic acid groups (broad SMARTS) is 1. The number of benzene rings is 1. The molecule has 2 aromatic rings. The molecule has 2 aliphatic rings. The van der Waals surface area contributed by atoms with Crippen LogP contribution in [0.25, 0.3) is 0 Å². The summed E-state index contributed by atoms with van der Waals surface area (Å²) in [6.07, 6.45) is 6.66. The van der Waals surface area contributed by atoms with Crippen LogP contribution in [0.3, 0.4) is 0 Å². The lowest BCUT2D eigenvalue weighted by atomic mass is 9.90. The van der Waals surface area contributed by atoms with Crippen molar-refractivity contribution in [2.75, 3.05) is 36.0 Å². The summed E-state index contributed by atoms with van der Waals surface area (Å²) in [5.74, 6) is 1.54. The molecule has 0 unspecified atom stereocenters. The highest BCUT2D eigenvalue weighted by molar-refractivity contribution is 5.70. The third kappa shape index (κ3) is 4.43. The number of carbonyl (C=O) groups is 1. The van der Waals surface area contributed by atoms with E-state index < -0.39 is 5.97 Å². The molecule has 2 saturated heterocycles. The molecule has 0 spiro atoms. The van der Waals surface area contributed by atoms with E-state index in [0.29, 0.717) is 12.8 Å². The second kappa shape index (κ2) is 8.59. The topological polar surface area (TPSA) is 69.6 Å². The van der Waals surface area contributed by atoms with Gasteiger partial charge in [-0.1, -0.05) is 30.3 Å². The fourth-order valence-electron chi connectivity index (χ4n) is 4.31. The zero-order chi connectivity index (χ0) is 19.3. The summed E-state index contributed by atoms with van der Waals surface area (Å²) in [7, 11) is 0. The van der Waals surface area contributed by atoms with Gasteiger partial charge in [0.15, 0.2) is 0 Å². The van der Waals surface area contributed by atoms with Crippen LogP contribution in [-0.4, -0.2) is 47.2 Å². The molecule has 4 rings (SSSR count). The molecule has 6 nitrogen and oxygen atoms in total. The summed E-state index contributed by atoms with van der Waals surface area (Å²) in [6, 6.07) is 12.7. The van der Waals surface area contributed by atoms with E-state index in [1.165, 1.54) is 5.56 Å². The molecule has 148 valence electrons. The maximum atomic E-state index is 11.1. The molecule has 2 fully saturated rings. The summed E-state index contributed by atoms with van der Waals surface area (Å²) >= 11 is 0. The van der Waals surface area contributed by atoms with Crippen LogP contribution < -0.4 is 9.80 Å². The number of rotatable bonds is 5. The van der Waals surface area contributed by atoms with Gasteiger partial charge in [-0.05, 0) is 49.7 Å². The fourth-order valence-corrected chi connectivity index (χ4v) is 4.31. The minimum atomic E-state index is -0.679. The fraction of sp³-hybridized carbons (Fsp3) is 0.500. The number of hydrogen-bond acceptors (Lipinski definition) is 5. The van der Waals surface area contributed by atoms with Crippen LogP contribution in [0.15, 0.2) is 42.6 Å². The Labute approximate surface area is 166 Å². The number of piperidine rings is 2. The van der Waals surface area contributed by atoms with Crippen molar-refractivity contribution in [3.8, 4) is 0 Å². The molecule has 1 N–H and O–H groups in total. The van der Waals surface area contributed by atoms with E-state index in [9.17, 15) is 9.90 Å². The number of nitrogens with zero attached hydrogens (tertiary/aromatic N) is 4. The summed E-state index contributed by atoms with van der Waals surface area (Å²) in [5, 5.41) is 9.17. The minimum absolute atomic E-state index is 0.221. The van der Waals surface area contributed by atoms with Gasteiger partial charge in [0.25, 0.3) is 0 Å². The Bertz CT molecular complexity index is 782. The van der Waals surface area contributed by atoms with Gasteiger partial charge in [0.2, 0.25) is 5.95 Å². The predicted molar refractivity (Wildman–Crippen MR) is 110 cm³/mol. The molecule has 0 saturated carbocycles. The Morgan fingerprint density at radius 3 is 2.32 bits per heavy atom. The van der Waals surface area contributed by atoms with Crippen molar-refractivity contribution in [3.63, 3.8) is 0 Å². The van der Waals surface area contributed by atoms with E-state index in [-0.39, 0.29) is 5.92 Å². The second-order valence-electron chi connectivity index (χ2n) is 7.93. The highest BCUT2D eigenvalue weighted by Crippen LogP contribution is 2.26. The lowest BCUT2D eigenvalue weighted by Gasteiger charge is -2.34. The van der Waals surface area contributed by atoms with Crippen molar-refractivity contribution in [2.24, 2.45) is 11.8 Å². The Morgan fingerprint density at radius 1 is 0.964 bits per heavy atom. The van der Waals surface area contributed by atoms with Gasteiger partial charge in [-0.25, -0.2) is 4.98 Å². The molecular formula is C22H28N4O2. The first kappa shape index (κ1) is 18.7. The molecule has 28 heavy (non-hydrogen) atoms. The number of hydrogen-bond donors (Lipinski definition) is 1. The third-order valence-electron chi connectivity index (χ3n) is 6.06. The molecule has 0 bridgehead atoms. The number of anilines is 2. The monoisotopic (exact) mass is 380 g/mol. The Balaban J connectivity index is 1.33. The van der Waals surface area contributed by atoms with E-state index in [0.717, 1.165) is 63.1 Å². The number of aliphatic carboxylic acids is 1. The van der Waals surface area contributed by atoms with E-state index in [1.807, 2.05) is 12.3 Å². The molecule has 0 atom stereocenters. The highest BCUT2D eigenvalue weighted by atomic mass is 16.4. The molecule has 0 amide bonds. The number of carboxylic acids is 1. The molecular weight excluding hydrogens is 352 g/mol. The van der Waals surface area contributed by atoms with Gasteiger partial charge >= 0.3 is 5.97 Å². The maximum absolute atomic E-state index is 11.1. The number of aromatic nitrogens is 2. The Morgan fingerprint density at radius 2 is 1.64 bits per heavy atom. The molecule has 1 aromatic carbocycles. The summed E-state index contributed by atoms with van der Waals surface area (Å²) in [4.78, 5) is 24.9. The maximum Gasteiger partial charge on any atom is 0.306 e. The van der Waals surface area contributed by atoms with E-state index in [2.05, 4.69) is 45.1 Å². The van der Waals surface area contributed by atoms with Gasteiger partial charge in [-0.15, -0.1) is 0 Å². The van der Waals surface area contributed by atoms with Gasteiger partial charge in [-0.2, -0.15) is 4.98 Å². The van der Waals surface area contributed by atoms with Crippen LogP contribution in [0.5, 0.6) is 0 Å². The molecule has 0 radical (unpaired) electrons. The highest BCUT2D eigenvalue weighted by Gasteiger charge is 2.26. The largest absolute Gasteiger partial charge is 0.481 e. The zero-order valence-corrected chi connectivity index (χ0v) is 16.2. The van der Waals surface area contributed by atoms with Gasteiger partial charge in [0.05, 0.1) is 5.92 Å². The first-order valence-corrected chi connectivity index (χ1v) is 10.3. The van der Waals surface area contributed by atoms with Crippen molar-refractivity contribution in [1.29, 1.82) is 0 Å². The zero-order valence-electron chi connectivity index (χ0n) is 16.2. The summed E-state index contributed by atoms with van der Waals surface area (Å²) in [6.45, 7) is 3.46. The van der Waals surface area contributed by atoms with Crippen LogP contribution in [0, 0.1) is 11.8 Å². The van der Waals surface area contributed by atoms with E-state index >= 15 is 0 Å². The van der Waals surface area contributed by atoms with Crippen molar-refractivity contribution in [2.45, 2.75) is 32.1 Å². The summed E-state index contributed by atoms with van der Waals surface area (Å²) in [5.41, 5.74) is 1.42. The molecule has 2 aliphatic heterocycles. The lowest BCUT2D eigenvalue weighted by Crippen LogP contribution is -2.38. The second-order valence-corrected chi connectivity index (χ2v) is 7.93. The quantitative estimate of drug-likeness (QED) is 0.859. The lowest BCUT2D eigenvalue weighted by molar-refractivity contribution is -0.142. The van der Waals surface area contributed by atoms with Gasteiger partial charge < -0.3 is 14.9 Å². The standard InChI is InChI=1S/C22H28N4O2/c27-21(28)19-9-14-25(15-10-19)20-6-11-23-22(24-20)26-12-7-18(8-13-26)16-17-4-2-1-3-5-17/h1-6,11,18-19H,7-10,12-16H2,(H,27,28). The smallest absolute Gasteiger partial charge is 0.306 e. The van der Waals surface area contributed by atoms with E-state index in [1.54, 1.807) is 0 Å². The first-order valence-electron chi connectivity index (χ1n) is 10.3. The van der Waals surface area contributed by atoms with Crippen LogP contribution in [0.1, 0.15) is 31.2 Å². The molecule has 3 heterocycles. The average molecular weight is 380 g/mol. The van der Waals surface area contributed by atoms with Gasteiger partial charge in [0.1, 0.15) is 5.82 Å². The first-order chi connectivity index (χ1) is 13.7. The normalized spacial score (nSPS) is 19.0. The van der Waals surface area contributed by atoms with Gasteiger partial charge in [0, 0.05) is 32.4 Å². The van der Waals surface area contributed by atoms with Crippen LogP contribution in [-0.2, 0) is 11.2 Å². The Kier molecular flexibility index (Phi) is 5.74. The van der Waals surface area contributed by atoms with E-state index in [4.69, 9.17) is 4.98 Å². The molecule has 0 aliphatic carbocycles. The van der Waals surface area contributed by atoms with Crippen molar-refractivity contribution in [3.05, 3.63) is 48.2 Å².